The summed E-state index contributed by atoms with van der Waals surface area (Å²) in [5.41, 5.74) is 0.364. The van der Waals surface area contributed by atoms with Gasteiger partial charge in [0.2, 0.25) is 0 Å². The second kappa shape index (κ2) is 9.48. The molecule has 2 aromatic rings. The zero-order valence-electron chi connectivity index (χ0n) is 18.0. The minimum atomic E-state index is -3.96. The molecular weight excluding hydrogens is 470 g/mol. The van der Waals surface area contributed by atoms with Gasteiger partial charge in [0.1, 0.15) is 5.75 Å². The second-order valence-electron chi connectivity index (χ2n) is 7.58. The Morgan fingerprint density at radius 3 is 2.33 bits per heavy atom. The van der Waals surface area contributed by atoms with Crippen molar-refractivity contribution in [1.82, 2.24) is 9.80 Å². The summed E-state index contributed by atoms with van der Waals surface area (Å²) in [6.07, 6.45) is -1.43. The summed E-state index contributed by atoms with van der Waals surface area (Å²) in [5, 5.41) is 0.423. The van der Waals surface area contributed by atoms with E-state index in [1.807, 2.05) is 0 Å². The SMILES string of the molecule is CCOC(=O)N1CCN(C(=O)[C@H]2CN(S(=O)(=O)c3ccc(Cl)cc3)c3ccccc3O2)CC1. The highest BCUT2D eigenvalue weighted by Crippen LogP contribution is 2.37. The van der Waals surface area contributed by atoms with Gasteiger partial charge >= 0.3 is 6.09 Å². The van der Waals surface area contributed by atoms with Crippen molar-refractivity contribution in [3.05, 3.63) is 53.6 Å². The summed E-state index contributed by atoms with van der Waals surface area (Å²) in [6.45, 7) is 3.14. The molecule has 2 heterocycles. The molecule has 0 aliphatic carbocycles. The van der Waals surface area contributed by atoms with Crippen LogP contribution >= 0.6 is 11.6 Å². The smallest absolute Gasteiger partial charge is 0.409 e. The van der Waals surface area contributed by atoms with Gasteiger partial charge in [0, 0.05) is 31.2 Å². The summed E-state index contributed by atoms with van der Waals surface area (Å²) in [4.78, 5) is 28.4. The van der Waals surface area contributed by atoms with Crippen LogP contribution in [0.5, 0.6) is 5.75 Å². The Balaban J connectivity index is 1.55. The standard InChI is InChI=1S/C22H24ClN3O6S/c1-2-31-22(28)25-13-11-24(12-14-25)21(27)20-15-26(18-5-3-4-6-19(18)32-20)33(29,30)17-9-7-16(23)8-10-17/h3-10,20H,2,11-15H2,1H3/t20-/m1/s1. The van der Waals surface area contributed by atoms with Crippen LogP contribution in [-0.4, -0.2) is 75.7 Å². The van der Waals surface area contributed by atoms with E-state index in [4.69, 9.17) is 21.1 Å². The van der Waals surface area contributed by atoms with Crippen molar-refractivity contribution in [2.75, 3.05) is 43.6 Å². The lowest BCUT2D eigenvalue weighted by Gasteiger charge is -2.39. The maximum atomic E-state index is 13.4. The predicted octanol–water partition coefficient (Wildman–Crippen LogP) is 2.60. The number of ether oxygens (including phenoxy) is 2. The fraction of sp³-hybridized carbons (Fsp3) is 0.364. The fourth-order valence-electron chi connectivity index (χ4n) is 3.82. The number of fused-ring (bicyclic) bond motifs is 1. The minimum absolute atomic E-state index is 0.0675. The summed E-state index contributed by atoms with van der Waals surface area (Å²) in [5.74, 6) is -0.0193. The number of nitrogens with zero attached hydrogens (tertiary/aromatic N) is 3. The van der Waals surface area contributed by atoms with E-state index in [1.54, 1.807) is 41.0 Å². The highest BCUT2D eigenvalue weighted by atomic mass is 35.5. The number of piperazine rings is 1. The molecule has 2 amide bonds. The normalized spacial score (nSPS) is 18.4. The number of rotatable bonds is 4. The monoisotopic (exact) mass is 493 g/mol. The van der Waals surface area contributed by atoms with Crippen LogP contribution in [0.3, 0.4) is 0 Å². The Morgan fingerprint density at radius 1 is 1.03 bits per heavy atom. The molecular formula is C22H24ClN3O6S. The number of benzene rings is 2. The van der Waals surface area contributed by atoms with Crippen molar-refractivity contribution >= 4 is 39.3 Å². The molecule has 2 aliphatic rings. The highest BCUT2D eigenvalue weighted by molar-refractivity contribution is 7.92. The molecule has 1 atom stereocenters. The Bertz CT molecular complexity index is 1130. The van der Waals surface area contributed by atoms with Crippen LogP contribution in [0.2, 0.25) is 5.02 Å². The van der Waals surface area contributed by atoms with Crippen LogP contribution in [0, 0.1) is 0 Å². The van der Waals surface area contributed by atoms with Gasteiger partial charge < -0.3 is 19.3 Å². The van der Waals surface area contributed by atoms with Crippen LogP contribution < -0.4 is 9.04 Å². The molecule has 33 heavy (non-hydrogen) atoms. The Hall–Kier alpha value is -2.98. The molecule has 1 fully saturated rings. The molecule has 9 nitrogen and oxygen atoms in total. The summed E-state index contributed by atoms with van der Waals surface area (Å²) in [7, 11) is -3.96. The molecule has 11 heteroatoms. The lowest BCUT2D eigenvalue weighted by Crippen LogP contribution is -2.57. The van der Waals surface area contributed by atoms with E-state index in [1.165, 1.54) is 28.6 Å². The van der Waals surface area contributed by atoms with Gasteiger partial charge in [-0.15, -0.1) is 0 Å². The molecule has 0 radical (unpaired) electrons. The van der Waals surface area contributed by atoms with E-state index in [2.05, 4.69) is 0 Å². The predicted molar refractivity (Wildman–Crippen MR) is 122 cm³/mol. The lowest BCUT2D eigenvalue weighted by atomic mass is 10.2. The van der Waals surface area contributed by atoms with Crippen LogP contribution in [0.4, 0.5) is 10.5 Å². The number of halogens is 1. The van der Waals surface area contributed by atoms with Crippen molar-refractivity contribution in [1.29, 1.82) is 0 Å². The van der Waals surface area contributed by atoms with Crippen molar-refractivity contribution < 1.29 is 27.5 Å². The largest absolute Gasteiger partial charge is 0.476 e. The van der Waals surface area contributed by atoms with E-state index in [9.17, 15) is 18.0 Å². The number of carbonyl (C=O) groups is 2. The van der Waals surface area contributed by atoms with Gasteiger partial charge in [-0.25, -0.2) is 13.2 Å². The first-order valence-electron chi connectivity index (χ1n) is 10.6. The lowest BCUT2D eigenvalue weighted by molar-refractivity contribution is -0.140. The number of anilines is 1. The summed E-state index contributed by atoms with van der Waals surface area (Å²) >= 11 is 5.92. The van der Waals surface area contributed by atoms with Gasteiger partial charge in [-0.2, -0.15) is 0 Å². The first-order chi connectivity index (χ1) is 15.8. The van der Waals surface area contributed by atoms with Gasteiger partial charge in [0.15, 0.2) is 6.10 Å². The van der Waals surface area contributed by atoms with Crippen molar-refractivity contribution in [3.8, 4) is 5.75 Å². The number of amides is 2. The van der Waals surface area contributed by atoms with E-state index < -0.39 is 22.2 Å². The zero-order chi connectivity index (χ0) is 23.6. The van der Waals surface area contributed by atoms with Gasteiger partial charge in [0.25, 0.3) is 15.9 Å². The van der Waals surface area contributed by atoms with E-state index in [0.29, 0.717) is 42.6 Å². The molecule has 0 saturated carbocycles. The number of hydrogen-bond acceptors (Lipinski definition) is 6. The molecule has 4 rings (SSSR count). The third kappa shape index (κ3) is 4.72. The van der Waals surface area contributed by atoms with Gasteiger partial charge in [-0.3, -0.25) is 9.10 Å². The molecule has 0 N–H and O–H groups in total. The Morgan fingerprint density at radius 2 is 1.67 bits per heavy atom. The van der Waals surface area contributed by atoms with E-state index in [0.717, 1.165) is 0 Å². The summed E-state index contributed by atoms with van der Waals surface area (Å²) in [6, 6.07) is 12.6. The van der Waals surface area contributed by atoms with E-state index >= 15 is 0 Å². The number of para-hydroxylation sites is 2. The Kier molecular flexibility index (Phi) is 6.66. The topological polar surface area (TPSA) is 96.5 Å². The maximum Gasteiger partial charge on any atom is 0.409 e. The average molecular weight is 494 g/mol. The molecule has 2 aromatic carbocycles. The molecule has 0 unspecified atom stereocenters. The molecule has 1 saturated heterocycles. The van der Waals surface area contributed by atoms with Crippen LogP contribution in [0.1, 0.15) is 6.92 Å². The zero-order valence-corrected chi connectivity index (χ0v) is 19.6. The quantitative estimate of drug-likeness (QED) is 0.649. The van der Waals surface area contributed by atoms with Crippen molar-refractivity contribution in [3.63, 3.8) is 0 Å². The second-order valence-corrected chi connectivity index (χ2v) is 9.87. The average Bonchev–Trinajstić information content (AvgIpc) is 2.83. The molecule has 0 spiro atoms. The van der Waals surface area contributed by atoms with Gasteiger partial charge in [0.05, 0.1) is 23.7 Å². The fourth-order valence-corrected chi connectivity index (χ4v) is 5.42. The first-order valence-corrected chi connectivity index (χ1v) is 12.4. The molecule has 0 aromatic heterocycles. The molecule has 2 aliphatic heterocycles. The minimum Gasteiger partial charge on any atom is -0.476 e. The number of sulfonamides is 1. The van der Waals surface area contributed by atoms with Crippen molar-refractivity contribution in [2.24, 2.45) is 0 Å². The molecule has 0 bridgehead atoms. The maximum absolute atomic E-state index is 13.4. The number of carbonyl (C=O) groups excluding carboxylic acids is 2. The Labute approximate surface area is 197 Å². The van der Waals surface area contributed by atoms with Crippen LogP contribution in [0.25, 0.3) is 0 Å². The first kappa shape index (κ1) is 23.2. The van der Waals surface area contributed by atoms with Gasteiger partial charge in [-0.05, 0) is 43.3 Å². The third-order valence-corrected chi connectivity index (χ3v) is 7.58. The molecule has 176 valence electrons. The number of hydrogen-bond donors (Lipinski definition) is 0. The van der Waals surface area contributed by atoms with Gasteiger partial charge in [-0.1, -0.05) is 23.7 Å². The van der Waals surface area contributed by atoms with Crippen molar-refractivity contribution in [2.45, 2.75) is 17.9 Å². The van der Waals surface area contributed by atoms with Crippen LogP contribution in [0.15, 0.2) is 53.4 Å². The summed E-state index contributed by atoms with van der Waals surface area (Å²) < 4.78 is 39.0. The van der Waals surface area contributed by atoms with Crippen LogP contribution in [-0.2, 0) is 19.6 Å². The third-order valence-electron chi connectivity index (χ3n) is 5.53. The highest BCUT2D eigenvalue weighted by Gasteiger charge is 2.39. The van der Waals surface area contributed by atoms with E-state index in [-0.39, 0.29) is 24.0 Å².